The van der Waals surface area contributed by atoms with Crippen LogP contribution in [0.15, 0.2) is 48.5 Å². The van der Waals surface area contributed by atoms with Gasteiger partial charge in [-0.15, -0.1) is 24.8 Å². The number of para-hydroxylation sites is 2. The van der Waals surface area contributed by atoms with Crippen molar-refractivity contribution in [2.24, 2.45) is 0 Å². The normalized spacial score (nSPS) is 13.8. The van der Waals surface area contributed by atoms with Crippen molar-refractivity contribution in [3.8, 4) is 0 Å². The average molecular weight is 364 g/mol. The second kappa shape index (κ2) is 8.52. The van der Waals surface area contributed by atoms with Crippen LogP contribution >= 0.6 is 24.8 Å². The van der Waals surface area contributed by atoms with Gasteiger partial charge in [-0.3, -0.25) is 4.90 Å². The van der Waals surface area contributed by atoms with Crippen LogP contribution in [0.4, 0.5) is 0 Å². The van der Waals surface area contributed by atoms with Gasteiger partial charge in [0, 0.05) is 19.5 Å². The van der Waals surface area contributed by atoms with Gasteiger partial charge < -0.3 is 4.98 Å². The lowest BCUT2D eigenvalue weighted by Crippen LogP contribution is -2.31. The van der Waals surface area contributed by atoms with E-state index >= 15 is 0 Å². The standard InChI is InChI=1S/C19H21N3.2ClH/c1-2-7-16-14-22(13-11-15(16)6-1)12-5-10-19-20-17-8-3-4-9-18(17)21-19;;/h1-4,6-9H,5,10-14H2,(H,20,21);2*1H. The molecule has 1 N–H and O–H groups in total. The van der Waals surface area contributed by atoms with E-state index in [4.69, 9.17) is 0 Å². The highest BCUT2D eigenvalue weighted by atomic mass is 35.5. The SMILES string of the molecule is Cl.Cl.c1ccc2c(c1)CCN(CCCc1nc3ccccc3[nH]1)C2. The van der Waals surface area contributed by atoms with Crippen LogP contribution in [0.2, 0.25) is 0 Å². The Morgan fingerprint density at radius 3 is 2.54 bits per heavy atom. The van der Waals surface area contributed by atoms with Crippen LogP contribution in [0.25, 0.3) is 11.0 Å². The molecule has 4 rings (SSSR count). The number of aromatic nitrogens is 2. The molecule has 0 fully saturated rings. The molecule has 0 saturated heterocycles. The molecular weight excluding hydrogens is 341 g/mol. The lowest BCUT2D eigenvalue weighted by Gasteiger charge is -2.28. The molecule has 1 aliphatic heterocycles. The second-order valence-electron chi connectivity index (χ2n) is 6.10. The van der Waals surface area contributed by atoms with E-state index < -0.39 is 0 Å². The molecule has 5 heteroatoms. The number of hydrogen-bond acceptors (Lipinski definition) is 2. The summed E-state index contributed by atoms with van der Waals surface area (Å²) in [6, 6.07) is 17.1. The van der Waals surface area contributed by atoms with Crippen molar-refractivity contribution < 1.29 is 0 Å². The number of halogens is 2. The van der Waals surface area contributed by atoms with Crippen molar-refractivity contribution in [2.45, 2.75) is 25.8 Å². The largest absolute Gasteiger partial charge is 0.342 e. The highest BCUT2D eigenvalue weighted by molar-refractivity contribution is 5.85. The highest BCUT2D eigenvalue weighted by Crippen LogP contribution is 2.19. The first-order valence-electron chi connectivity index (χ1n) is 8.11. The zero-order chi connectivity index (χ0) is 14.8. The Balaban J connectivity index is 0.00000104. The Morgan fingerprint density at radius 1 is 0.958 bits per heavy atom. The topological polar surface area (TPSA) is 31.9 Å². The maximum absolute atomic E-state index is 4.66. The van der Waals surface area contributed by atoms with Gasteiger partial charge in [0.25, 0.3) is 0 Å². The molecule has 0 unspecified atom stereocenters. The van der Waals surface area contributed by atoms with E-state index in [0.717, 1.165) is 42.8 Å². The molecule has 0 atom stereocenters. The van der Waals surface area contributed by atoms with E-state index in [1.807, 2.05) is 6.07 Å². The number of benzene rings is 2. The summed E-state index contributed by atoms with van der Waals surface area (Å²) in [5.74, 6) is 1.11. The zero-order valence-corrected chi connectivity index (χ0v) is 15.2. The van der Waals surface area contributed by atoms with Gasteiger partial charge in [-0.2, -0.15) is 0 Å². The third-order valence-electron chi connectivity index (χ3n) is 4.54. The second-order valence-corrected chi connectivity index (χ2v) is 6.10. The van der Waals surface area contributed by atoms with E-state index in [1.165, 1.54) is 24.1 Å². The smallest absolute Gasteiger partial charge is 0.107 e. The lowest BCUT2D eigenvalue weighted by molar-refractivity contribution is 0.251. The van der Waals surface area contributed by atoms with Crippen molar-refractivity contribution in [3.05, 3.63) is 65.5 Å². The fourth-order valence-electron chi connectivity index (χ4n) is 3.34. The van der Waals surface area contributed by atoms with Gasteiger partial charge in [0.15, 0.2) is 0 Å². The molecule has 0 amide bonds. The Kier molecular flexibility index (Phi) is 6.67. The van der Waals surface area contributed by atoms with Gasteiger partial charge in [-0.25, -0.2) is 4.98 Å². The highest BCUT2D eigenvalue weighted by Gasteiger charge is 2.15. The van der Waals surface area contributed by atoms with Crippen molar-refractivity contribution in [1.29, 1.82) is 0 Å². The predicted octanol–water partition coefficient (Wildman–Crippen LogP) is 4.40. The molecule has 0 aliphatic carbocycles. The number of fused-ring (bicyclic) bond motifs is 2. The van der Waals surface area contributed by atoms with Crippen molar-refractivity contribution >= 4 is 35.8 Å². The van der Waals surface area contributed by atoms with E-state index in [1.54, 1.807) is 0 Å². The summed E-state index contributed by atoms with van der Waals surface area (Å²) in [6.45, 7) is 3.42. The van der Waals surface area contributed by atoms with Gasteiger partial charge >= 0.3 is 0 Å². The Morgan fingerprint density at radius 2 is 1.71 bits per heavy atom. The fourth-order valence-corrected chi connectivity index (χ4v) is 3.34. The molecular formula is C19H23Cl2N3. The third-order valence-corrected chi connectivity index (χ3v) is 4.54. The first-order chi connectivity index (χ1) is 10.9. The minimum atomic E-state index is 0. The summed E-state index contributed by atoms with van der Waals surface area (Å²) < 4.78 is 0. The average Bonchev–Trinajstić information content (AvgIpc) is 2.97. The van der Waals surface area contributed by atoms with Crippen LogP contribution in [-0.4, -0.2) is 28.0 Å². The van der Waals surface area contributed by atoms with Crippen LogP contribution in [0.3, 0.4) is 0 Å². The van der Waals surface area contributed by atoms with Gasteiger partial charge in [0.05, 0.1) is 11.0 Å². The van der Waals surface area contributed by atoms with E-state index in [-0.39, 0.29) is 24.8 Å². The summed E-state index contributed by atoms with van der Waals surface area (Å²) in [5, 5.41) is 0. The molecule has 2 aromatic carbocycles. The minimum absolute atomic E-state index is 0. The fraction of sp³-hybridized carbons (Fsp3) is 0.316. The summed E-state index contributed by atoms with van der Waals surface area (Å²) in [7, 11) is 0. The minimum Gasteiger partial charge on any atom is -0.342 e. The molecule has 0 bridgehead atoms. The van der Waals surface area contributed by atoms with E-state index in [0.29, 0.717) is 0 Å². The van der Waals surface area contributed by atoms with Crippen LogP contribution in [0, 0.1) is 0 Å². The summed E-state index contributed by atoms with van der Waals surface area (Å²) in [4.78, 5) is 10.6. The molecule has 0 saturated carbocycles. The maximum Gasteiger partial charge on any atom is 0.107 e. The van der Waals surface area contributed by atoms with Gasteiger partial charge in [0.2, 0.25) is 0 Å². The first kappa shape index (κ1) is 18.8. The molecule has 0 radical (unpaired) electrons. The predicted molar refractivity (Wildman–Crippen MR) is 104 cm³/mol. The number of nitrogens with zero attached hydrogens (tertiary/aromatic N) is 2. The van der Waals surface area contributed by atoms with Crippen LogP contribution in [-0.2, 0) is 19.4 Å². The number of imidazole rings is 1. The quantitative estimate of drug-likeness (QED) is 0.744. The zero-order valence-electron chi connectivity index (χ0n) is 13.6. The third kappa shape index (κ3) is 4.10. The number of aryl methyl sites for hydroxylation is 1. The summed E-state index contributed by atoms with van der Waals surface area (Å²) in [6.07, 6.45) is 3.36. The van der Waals surface area contributed by atoms with Gasteiger partial charge in [-0.1, -0.05) is 36.4 Å². The lowest BCUT2D eigenvalue weighted by atomic mass is 10.00. The number of rotatable bonds is 4. The van der Waals surface area contributed by atoms with E-state index in [2.05, 4.69) is 57.3 Å². The Labute approximate surface area is 155 Å². The Bertz CT molecular complexity index is 752. The number of H-pyrrole nitrogens is 1. The molecule has 0 spiro atoms. The molecule has 1 aliphatic rings. The number of aromatic amines is 1. The van der Waals surface area contributed by atoms with Crippen LogP contribution < -0.4 is 0 Å². The molecule has 3 aromatic rings. The number of hydrogen-bond donors (Lipinski definition) is 1. The van der Waals surface area contributed by atoms with Crippen LogP contribution in [0.5, 0.6) is 0 Å². The van der Waals surface area contributed by atoms with Crippen molar-refractivity contribution in [1.82, 2.24) is 14.9 Å². The van der Waals surface area contributed by atoms with Crippen LogP contribution in [0.1, 0.15) is 23.4 Å². The van der Waals surface area contributed by atoms with Gasteiger partial charge in [-0.05, 0) is 42.6 Å². The molecule has 2 heterocycles. The number of nitrogens with one attached hydrogen (secondary N) is 1. The van der Waals surface area contributed by atoms with Crippen molar-refractivity contribution in [2.75, 3.05) is 13.1 Å². The summed E-state index contributed by atoms with van der Waals surface area (Å²) in [5.41, 5.74) is 5.24. The summed E-state index contributed by atoms with van der Waals surface area (Å²) >= 11 is 0. The first-order valence-corrected chi connectivity index (χ1v) is 8.11. The van der Waals surface area contributed by atoms with Crippen molar-refractivity contribution in [3.63, 3.8) is 0 Å². The van der Waals surface area contributed by atoms with Gasteiger partial charge in [0.1, 0.15) is 5.82 Å². The molecule has 128 valence electrons. The Hall–Kier alpha value is -1.55. The van der Waals surface area contributed by atoms with E-state index in [9.17, 15) is 0 Å². The maximum atomic E-state index is 4.66. The molecule has 24 heavy (non-hydrogen) atoms. The molecule has 3 nitrogen and oxygen atoms in total. The molecule has 1 aromatic heterocycles. The monoisotopic (exact) mass is 363 g/mol.